The normalized spacial score (nSPS) is 28.6. The molecule has 2 aromatic carbocycles. The van der Waals surface area contributed by atoms with Crippen molar-refractivity contribution in [2.24, 2.45) is 29.6 Å². The molecule has 2 aromatic rings. The van der Waals surface area contributed by atoms with Gasteiger partial charge in [-0.2, -0.15) is 0 Å². The molecule has 0 spiro atoms. The van der Waals surface area contributed by atoms with Gasteiger partial charge in [-0.3, -0.25) is 14.4 Å². The van der Waals surface area contributed by atoms with Gasteiger partial charge in [0, 0.05) is 18.7 Å². The van der Waals surface area contributed by atoms with E-state index < -0.39 is 0 Å². The van der Waals surface area contributed by atoms with Gasteiger partial charge >= 0.3 is 0 Å². The second-order valence-electron chi connectivity index (χ2n) is 9.99. The van der Waals surface area contributed by atoms with E-state index in [1.54, 1.807) is 24.3 Å². The zero-order valence-electron chi connectivity index (χ0n) is 18.6. The van der Waals surface area contributed by atoms with Gasteiger partial charge in [0.2, 0.25) is 11.8 Å². The molecule has 0 N–H and O–H groups in total. The van der Waals surface area contributed by atoms with Crippen molar-refractivity contribution in [3.63, 3.8) is 0 Å². The van der Waals surface area contributed by atoms with Crippen LogP contribution < -0.4 is 4.90 Å². The number of anilines is 1. The molecule has 2 heterocycles. The number of hydrogen-bond acceptors (Lipinski definition) is 3. The third-order valence-electron chi connectivity index (χ3n) is 8.09. The molecular weight excluding hydrogens is 412 g/mol. The second kappa shape index (κ2) is 7.98. The summed E-state index contributed by atoms with van der Waals surface area (Å²) in [6.07, 6.45) is 8.14. The third-order valence-corrected chi connectivity index (χ3v) is 8.09. The van der Waals surface area contributed by atoms with Gasteiger partial charge in [0.1, 0.15) is 0 Å². The maximum absolute atomic E-state index is 13.2. The molecule has 0 aromatic heterocycles. The molecule has 4 atom stereocenters. The Labute approximate surface area is 194 Å². The lowest BCUT2D eigenvalue weighted by molar-refractivity contribution is -0.123. The van der Waals surface area contributed by atoms with E-state index in [0.29, 0.717) is 17.2 Å². The van der Waals surface area contributed by atoms with E-state index in [1.807, 2.05) is 11.0 Å². The average molecular weight is 441 g/mol. The van der Waals surface area contributed by atoms with Gasteiger partial charge in [-0.25, -0.2) is 4.90 Å². The molecule has 168 valence electrons. The van der Waals surface area contributed by atoms with Crippen LogP contribution in [0.3, 0.4) is 0 Å². The molecule has 6 rings (SSSR count). The molecular formula is C28H28N2O3. The molecule has 3 amide bonds. The molecule has 5 heteroatoms. The minimum atomic E-state index is -0.226. The highest BCUT2D eigenvalue weighted by molar-refractivity contribution is 6.23. The predicted molar refractivity (Wildman–Crippen MR) is 125 cm³/mol. The minimum Gasteiger partial charge on any atom is -0.339 e. The number of imide groups is 1. The van der Waals surface area contributed by atoms with Gasteiger partial charge in [-0.1, -0.05) is 48.6 Å². The Morgan fingerprint density at radius 2 is 1.52 bits per heavy atom. The van der Waals surface area contributed by atoms with E-state index in [9.17, 15) is 14.4 Å². The number of allylic oxidation sites excluding steroid dienone is 2. The molecule has 0 unspecified atom stereocenters. The van der Waals surface area contributed by atoms with Crippen LogP contribution in [0.4, 0.5) is 5.69 Å². The lowest BCUT2D eigenvalue weighted by Gasteiger charge is -2.32. The quantitative estimate of drug-likeness (QED) is 0.532. The van der Waals surface area contributed by atoms with Crippen LogP contribution in [0.15, 0.2) is 66.7 Å². The fourth-order valence-electron chi connectivity index (χ4n) is 6.41. The smallest absolute Gasteiger partial charge is 0.253 e. The first kappa shape index (κ1) is 20.4. The highest BCUT2D eigenvalue weighted by atomic mass is 16.2. The fraction of sp³-hybridized carbons (Fsp3) is 0.393. The zero-order chi connectivity index (χ0) is 22.5. The van der Waals surface area contributed by atoms with Crippen LogP contribution >= 0.6 is 0 Å². The van der Waals surface area contributed by atoms with Crippen molar-refractivity contribution in [2.75, 3.05) is 18.0 Å². The molecule has 4 aliphatic rings. The van der Waals surface area contributed by atoms with Crippen molar-refractivity contribution in [3.05, 3.63) is 77.9 Å². The summed E-state index contributed by atoms with van der Waals surface area (Å²) in [5, 5.41) is 0. The summed E-state index contributed by atoms with van der Waals surface area (Å²) in [5.74, 6) is 0.279. The zero-order valence-corrected chi connectivity index (χ0v) is 18.6. The molecule has 0 radical (unpaired) electrons. The van der Waals surface area contributed by atoms with Gasteiger partial charge in [0.15, 0.2) is 0 Å². The highest BCUT2D eigenvalue weighted by Gasteiger charge is 2.59. The van der Waals surface area contributed by atoms with Crippen LogP contribution in [0, 0.1) is 29.6 Å². The maximum atomic E-state index is 13.2. The lowest BCUT2D eigenvalue weighted by Crippen LogP contribution is -2.39. The van der Waals surface area contributed by atoms with E-state index in [1.165, 1.54) is 10.5 Å². The van der Waals surface area contributed by atoms with Crippen LogP contribution in [0.25, 0.3) is 0 Å². The van der Waals surface area contributed by atoms with Crippen molar-refractivity contribution in [3.8, 4) is 0 Å². The summed E-state index contributed by atoms with van der Waals surface area (Å²) >= 11 is 0. The summed E-state index contributed by atoms with van der Waals surface area (Å²) in [6, 6.07) is 17.6. The van der Waals surface area contributed by atoms with E-state index >= 15 is 0 Å². The summed E-state index contributed by atoms with van der Waals surface area (Å²) in [4.78, 5) is 42.7. The van der Waals surface area contributed by atoms with Crippen molar-refractivity contribution >= 4 is 23.4 Å². The second-order valence-corrected chi connectivity index (χ2v) is 9.99. The molecule has 2 bridgehead atoms. The number of piperidine rings is 1. The molecule has 2 aliphatic carbocycles. The molecule has 3 fully saturated rings. The average Bonchev–Trinajstić information content (AvgIpc) is 3.53. The van der Waals surface area contributed by atoms with Crippen molar-refractivity contribution < 1.29 is 14.4 Å². The monoisotopic (exact) mass is 440 g/mol. The SMILES string of the molecule is O=C(c1cccc(N2C(=O)[C@H]3[C@H](C2=O)[C@H]2C=C[C@H]3C2)c1)N1CCC(Cc2ccccc2)CC1. The minimum absolute atomic E-state index is 0.0176. The summed E-state index contributed by atoms with van der Waals surface area (Å²) < 4.78 is 0. The van der Waals surface area contributed by atoms with Crippen molar-refractivity contribution in [1.82, 2.24) is 4.90 Å². The Bertz CT molecular complexity index is 1100. The largest absolute Gasteiger partial charge is 0.339 e. The first-order valence-electron chi connectivity index (χ1n) is 12.1. The van der Waals surface area contributed by atoms with Gasteiger partial charge in [-0.15, -0.1) is 0 Å². The Hall–Kier alpha value is -3.21. The standard InChI is InChI=1S/C28H28N2O3/c31-26(29-13-11-19(12-14-29)15-18-5-2-1-3-6-18)22-7-4-8-23(17-22)30-27(32)24-20-9-10-21(16-20)25(24)28(30)33/h1-10,17,19-21,24-25H,11-16H2/t20-,21-,24+,25+/m0/s1. The number of nitrogens with zero attached hydrogens (tertiary/aromatic N) is 2. The maximum Gasteiger partial charge on any atom is 0.253 e. The van der Waals surface area contributed by atoms with Gasteiger partial charge < -0.3 is 4.90 Å². The van der Waals surface area contributed by atoms with Crippen LogP contribution in [0.5, 0.6) is 0 Å². The van der Waals surface area contributed by atoms with Gasteiger partial charge in [-0.05, 0) is 67.2 Å². The van der Waals surface area contributed by atoms with Crippen molar-refractivity contribution in [2.45, 2.75) is 25.7 Å². The first-order valence-corrected chi connectivity index (χ1v) is 12.1. The number of hydrogen-bond donors (Lipinski definition) is 0. The molecule has 2 saturated heterocycles. The number of carbonyl (C=O) groups excluding carboxylic acids is 3. The molecule has 2 aliphatic heterocycles. The Kier molecular flexibility index (Phi) is 4.93. The number of rotatable bonds is 4. The number of amides is 3. The van der Waals surface area contributed by atoms with E-state index in [2.05, 4.69) is 36.4 Å². The highest BCUT2D eigenvalue weighted by Crippen LogP contribution is 2.53. The Morgan fingerprint density at radius 3 is 2.18 bits per heavy atom. The molecule has 5 nitrogen and oxygen atoms in total. The van der Waals surface area contributed by atoms with Gasteiger partial charge in [0.25, 0.3) is 5.91 Å². The molecule has 33 heavy (non-hydrogen) atoms. The Morgan fingerprint density at radius 1 is 0.848 bits per heavy atom. The third kappa shape index (κ3) is 3.41. The Balaban J connectivity index is 1.14. The number of benzene rings is 2. The summed E-state index contributed by atoms with van der Waals surface area (Å²) in [6.45, 7) is 1.47. The van der Waals surface area contributed by atoms with Crippen molar-refractivity contribution in [1.29, 1.82) is 0 Å². The van der Waals surface area contributed by atoms with Crippen LogP contribution in [0.2, 0.25) is 0 Å². The van der Waals surface area contributed by atoms with E-state index in [-0.39, 0.29) is 41.4 Å². The predicted octanol–water partition coefficient (Wildman–Crippen LogP) is 4.09. The topological polar surface area (TPSA) is 57.7 Å². The number of fused-ring (bicyclic) bond motifs is 5. The lowest BCUT2D eigenvalue weighted by atomic mass is 9.85. The van der Waals surface area contributed by atoms with Gasteiger partial charge in [0.05, 0.1) is 17.5 Å². The number of likely N-dealkylation sites (tertiary alicyclic amines) is 1. The summed E-state index contributed by atoms with van der Waals surface area (Å²) in [5.41, 5.74) is 2.43. The van der Waals surface area contributed by atoms with Crippen LogP contribution in [-0.4, -0.2) is 35.7 Å². The fourth-order valence-corrected chi connectivity index (χ4v) is 6.41. The molecule has 1 saturated carbocycles. The van der Waals surface area contributed by atoms with E-state index in [0.717, 1.165) is 38.8 Å². The first-order chi connectivity index (χ1) is 16.1. The summed E-state index contributed by atoms with van der Waals surface area (Å²) in [7, 11) is 0. The van der Waals surface area contributed by atoms with E-state index in [4.69, 9.17) is 0 Å². The van der Waals surface area contributed by atoms with Crippen LogP contribution in [0.1, 0.15) is 35.2 Å². The number of carbonyl (C=O) groups is 3. The van der Waals surface area contributed by atoms with Crippen LogP contribution in [-0.2, 0) is 16.0 Å².